The van der Waals surface area contributed by atoms with Crippen LogP contribution in [0.2, 0.25) is 0 Å². The average molecular weight is 960 g/mol. The van der Waals surface area contributed by atoms with Crippen molar-refractivity contribution >= 4 is 35.8 Å². The standard InChI is InChI=1S/C53H81N7O9/c1-35(2)30-40(56-50(66)69-51(5,6)7)27-26-39(31-37-20-14-12-15-21-37)48(64)59-29-19-25-43(59)58-47(63)44(36(3)4)46(62)57-42(24-18-28-54-49(65)68-34-38-22-16-13-17-23-38)45(61)55-41-32-52(8,9)60(67)53(10,11)33-41/h12-17,20-23,26-27,35-36,39-44,67H,18-19,24-25,28-34H2,1-11H3,(H,54,65)(H,55,61)(H,56,66)(H,57,62)(H,58,63)/b27-26+/t39-,40-,42+,43-,44+/m1/s1. The second-order valence-electron chi connectivity index (χ2n) is 21.7. The largest absolute Gasteiger partial charge is 0.445 e. The molecule has 2 aliphatic heterocycles. The smallest absolute Gasteiger partial charge is 0.408 e. The fraction of sp³-hybridized carbons (Fsp3) is 0.623. The molecule has 2 fully saturated rings. The number of alkyl carbamates (subject to hydrolysis) is 2. The van der Waals surface area contributed by atoms with Crippen LogP contribution in [0.25, 0.3) is 0 Å². The highest BCUT2D eigenvalue weighted by atomic mass is 16.6. The Morgan fingerprint density at radius 3 is 1.99 bits per heavy atom. The van der Waals surface area contributed by atoms with Crippen molar-refractivity contribution in [1.29, 1.82) is 0 Å². The fourth-order valence-corrected chi connectivity index (χ4v) is 9.37. The van der Waals surface area contributed by atoms with Gasteiger partial charge < -0.3 is 46.2 Å². The number of nitrogens with zero attached hydrogens (tertiary/aromatic N) is 2. The van der Waals surface area contributed by atoms with Crippen LogP contribution in [-0.4, -0.2) is 105 Å². The fourth-order valence-electron chi connectivity index (χ4n) is 9.37. The van der Waals surface area contributed by atoms with Crippen molar-refractivity contribution in [2.75, 3.05) is 13.1 Å². The van der Waals surface area contributed by atoms with Crippen molar-refractivity contribution < 1.29 is 43.4 Å². The quantitative estimate of drug-likeness (QED) is 0.0415. The molecule has 2 aromatic rings. The SMILES string of the molecule is CC(C)C[C@@H](/C=C/[C@H](Cc1ccccc1)C(=O)N1CCC[C@@H]1NC(=O)[C@H](C(=O)N[C@@H](CCCNC(=O)OCc1ccccc1)C(=O)NC1CC(C)(C)N(O)C(C)(C)C1)C(C)C)NC(=O)OC(C)(C)C. The van der Waals surface area contributed by atoms with E-state index in [2.05, 4.69) is 40.4 Å². The molecule has 5 atom stereocenters. The van der Waals surface area contributed by atoms with E-state index in [1.54, 1.807) is 39.5 Å². The zero-order valence-electron chi connectivity index (χ0n) is 42.9. The van der Waals surface area contributed by atoms with E-state index in [0.29, 0.717) is 51.5 Å². The molecule has 16 nitrogen and oxygen atoms in total. The molecular weight excluding hydrogens is 879 g/mol. The van der Waals surface area contributed by atoms with Gasteiger partial charge in [0.2, 0.25) is 23.6 Å². The maximum atomic E-state index is 14.6. The number of likely N-dealkylation sites (tertiary alicyclic amines) is 1. The van der Waals surface area contributed by atoms with Gasteiger partial charge in [-0.3, -0.25) is 19.2 Å². The molecule has 0 radical (unpaired) electrons. The molecular formula is C53H81N7O9. The highest BCUT2D eigenvalue weighted by Gasteiger charge is 2.46. The third-order valence-electron chi connectivity index (χ3n) is 12.5. The number of hydroxylamine groups is 2. The molecule has 2 aromatic carbocycles. The number of ether oxygens (including phenoxy) is 2. The predicted molar refractivity (Wildman–Crippen MR) is 265 cm³/mol. The van der Waals surface area contributed by atoms with E-state index in [4.69, 9.17) is 9.47 Å². The summed E-state index contributed by atoms with van der Waals surface area (Å²) in [5.74, 6) is -3.95. The summed E-state index contributed by atoms with van der Waals surface area (Å²) in [4.78, 5) is 84.4. The summed E-state index contributed by atoms with van der Waals surface area (Å²) in [6, 6.07) is 17.1. The maximum Gasteiger partial charge on any atom is 0.408 e. The van der Waals surface area contributed by atoms with E-state index < -0.39 is 82.6 Å². The minimum atomic E-state index is -1.21. The van der Waals surface area contributed by atoms with Crippen molar-refractivity contribution in [1.82, 2.24) is 36.5 Å². The Morgan fingerprint density at radius 2 is 1.41 bits per heavy atom. The van der Waals surface area contributed by atoms with Gasteiger partial charge in [0.25, 0.3) is 0 Å². The first kappa shape index (κ1) is 56.1. The molecule has 0 bridgehead atoms. The molecule has 0 aromatic heterocycles. The molecule has 0 saturated carbocycles. The summed E-state index contributed by atoms with van der Waals surface area (Å²) in [5.41, 5.74) is -0.197. The zero-order valence-corrected chi connectivity index (χ0v) is 42.9. The van der Waals surface area contributed by atoms with Crippen LogP contribution in [0.1, 0.15) is 132 Å². The topological polar surface area (TPSA) is 208 Å². The number of hydrogen-bond donors (Lipinski definition) is 6. The van der Waals surface area contributed by atoms with Gasteiger partial charge in [-0.05, 0) is 123 Å². The third kappa shape index (κ3) is 18.1. The van der Waals surface area contributed by atoms with Crippen molar-refractivity contribution in [2.24, 2.45) is 23.7 Å². The zero-order chi connectivity index (χ0) is 51.1. The Hall–Kier alpha value is -5.48. The number of rotatable bonds is 21. The Kier molecular flexibility index (Phi) is 20.7. The van der Waals surface area contributed by atoms with E-state index in [-0.39, 0.29) is 37.4 Å². The summed E-state index contributed by atoms with van der Waals surface area (Å²) < 4.78 is 10.9. The number of piperidine rings is 1. The summed E-state index contributed by atoms with van der Waals surface area (Å²) in [5, 5.41) is 26.9. The third-order valence-corrected chi connectivity index (χ3v) is 12.5. The van der Waals surface area contributed by atoms with Gasteiger partial charge in [0, 0.05) is 30.2 Å². The lowest BCUT2D eigenvalue weighted by atomic mass is 9.79. The minimum absolute atomic E-state index is 0.0951. The average Bonchev–Trinajstić information content (AvgIpc) is 3.71. The van der Waals surface area contributed by atoms with Crippen LogP contribution in [0.3, 0.4) is 0 Å². The second-order valence-corrected chi connectivity index (χ2v) is 21.7. The first-order valence-corrected chi connectivity index (χ1v) is 24.7. The molecule has 0 unspecified atom stereocenters. The van der Waals surface area contributed by atoms with E-state index >= 15 is 0 Å². The van der Waals surface area contributed by atoms with Crippen LogP contribution < -0.4 is 26.6 Å². The highest BCUT2D eigenvalue weighted by molar-refractivity contribution is 6.02. The molecule has 6 N–H and O–H groups in total. The van der Waals surface area contributed by atoms with Gasteiger partial charge in [-0.1, -0.05) is 101 Å². The molecule has 0 spiro atoms. The Labute approximate surface area is 410 Å². The maximum absolute atomic E-state index is 14.6. The Morgan fingerprint density at radius 1 is 0.797 bits per heavy atom. The van der Waals surface area contributed by atoms with Gasteiger partial charge in [-0.25, -0.2) is 9.59 Å². The van der Waals surface area contributed by atoms with Gasteiger partial charge >= 0.3 is 12.2 Å². The van der Waals surface area contributed by atoms with Crippen LogP contribution in [0.15, 0.2) is 72.8 Å². The van der Waals surface area contributed by atoms with Gasteiger partial charge in [0.1, 0.15) is 30.3 Å². The second kappa shape index (κ2) is 25.4. The van der Waals surface area contributed by atoms with Crippen molar-refractivity contribution in [2.45, 2.75) is 175 Å². The van der Waals surface area contributed by atoms with Crippen LogP contribution in [0.5, 0.6) is 0 Å². The number of carbonyl (C=O) groups is 6. The van der Waals surface area contributed by atoms with Gasteiger partial charge in [0.05, 0.1) is 12.0 Å². The summed E-state index contributed by atoms with van der Waals surface area (Å²) in [6.45, 7) is 21.3. The van der Waals surface area contributed by atoms with Gasteiger partial charge in [0.15, 0.2) is 0 Å². The summed E-state index contributed by atoms with van der Waals surface area (Å²) in [6.07, 6.45) is 5.29. The van der Waals surface area contributed by atoms with E-state index in [0.717, 1.165) is 11.1 Å². The minimum Gasteiger partial charge on any atom is -0.445 e. The highest BCUT2D eigenvalue weighted by Crippen LogP contribution is 2.37. The lowest BCUT2D eigenvalue weighted by molar-refractivity contribution is -0.246. The molecule has 69 heavy (non-hydrogen) atoms. The number of benzene rings is 2. The molecule has 2 heterocycles. The van der Waals surface area contributed by atoms with E-state index in [9.17, 15) is 34.0 Å². The van der Waals surface area contributed by atoms with E-state index in [1.807, 2.05) is 101 Å². The lowest BCUT2D eigenvalue weighted by Gasteiger charge is -2.51. The first-order valence-electron chi connectivity index (χ1n) is 24.7. The van der Waals surface area contributed by atoms with Gasteiger partial charge in [-0.15, -0.1) is 0 Å². The molecule has 6 amide bonds. The normalized spacial score (nSPS) is 19.0. The lowest BCUT2D eigenvalue weighted by Crippen LogP contribution is -2.64. The Balaban J connectivity index is 1.50. The molecule has 16 heteroatoms. The van der Waals surface area contributed by atoms with Crippen molar-refractivity contribution in [3.05, 3.63) is 83.9 Å². The van der Waals surface area contributed by atoms with E-state index in [1.165, 1.54) is 5.06 Å². The molecule has 2 saturated heterocycles. The molecule has 2 aliphatic rings. The van der Waals surface area contributed by atoms with Gasteiger partial charge in [-0.2, -0.15) is 5.06 Å². The Bertz CT molecular complexity index is 2020. The van der Waals surface area contributed by atoms with Crippen LogP contribution in [0, 0.1) is 23.7 Å². The number of amides is 6. The summed E-state index contributed by atoms with van der Waals surface area (Å²) >= 11 is 0. The van der Waals surface area contributed by atoms with Crippen LogP contribution in [0.4, 0.5) is 9.59 Å². The monoisotopic (exact) mass is 960 g/mol. The molecule has 4 rings (SSSR count). The van der Waals surface area contributed by atoms with Crippen LogP contribution >= 0.6 is 0 Å². The predicted octanol–water partition coefficient (Wildman–Crippen LogP) is 7.40. The number of nitrogens with one attached hydrogen (secondary N) is 5. The molecule has 0 aliphatic carbocycles. The number of hydrogen-bond acceptors (Lipinski definition) is 10. The first-order chi connectivity index (χ1) is 32.3. The molecule has 382 valence electrons. The summed E-state index contributed by atoms with van der Waals surface area (Å²) in [7, 11) is 0. The van der Waals surface area contributed by atoms with Crippen molar-refractivity contribution in [3.63, 3.8) is 0 Å². The number of carbonyl (C=O) groups excluding carboxylic acids is 6. The van der Waals surface area contributed by atoms with Crippen molar-refractivity contribution in [3.8, 4) is 0 Å². The van der Waals surface area contributed by atoms with Crippen LogP contribution in [-0.2, 0) is 41.7 Å².